The van der Waals surface area contributed by atoms with E-state index in [4.69, 9.17) is 9.47 Å². The van der Waals surface area contributed by atoms with Crippen molar-refractivity contribution in [3.05, 3.63) is 89.5 Å². The van der Waals surface area contributed by atoms with E-state index in [2.05, 4.69) is 5.32 Å². The summed E-state index contributed by atoms with van der Waals surface area (Å²) in [5.74, 6) is 0.659. The first-order chi connectivity index (χ1) is 17.4. The maximum atomic E-state index is 13.7. The van der Waals surface area contributed by atoms with Crippen LogP contribution in [-0.2, 0) is 37.9 Å². The topological polar surface area (TPSA) is 84.9 Å². The quantitative estimate of drug-likeness (QED) is 0.544. The summed E-state index contributed by atoms with van der Waals surface area (Å²) in [6.45, 7) is 1.72. The van der Waals surface area contributed by atoms with Crippen molar-refractivity contribution >= 4 is 21.6 Å². The Morgan fingerprint density at radius 1 is 0.972 bits per heavy atom. The van der Waals surface area contributed by atoms with Crippen LogP contribution in [0, 0.1) is 0 Å². The average molecular weight is 507 g/mol. The Morgan fingerprint density at radius 3 is 2.39 bits per heavy atom. The van der Waals surface area contributed by atoms with Crippen LogP contribution in [0.15, 0.2) is 77.7 Å². The van der Waals surface area contributed by atoms with Crippen molar-refractivity contribution in [1.29, 1.82) is 0 Å². The number of methoxy groups -OCH3 is 1. The van der Waals surface area contributed by atoms with E-state index in [1.165, 1.54) is 4.31 Å². The second-order valence-corrected chi connectivity index (χ2v) is 11.2. The Balaban J connectivity index is 1.38. The van der Waals surface area contributed by atoms with Crippen LogP contribution in [0.1, 0.15) is 29.5 Å². The molecule has 8 heteroatoms. The summed E-state index contributed by atoms with van der Waals surface area (Å²) < 4.78 is 38.7. The summed E-state index contributed by atoms with van der Waals surface area (Å²) in [5.41, 5.74) is 2.90. The van der Waals surface area contributed by atoms with E-state index in [1.807, 2.05) is 42.5 Å². The Bertz CT molecular complexity index is 1330. The number of sulfonamides is 1. The van der Waals surface area contributed by atoms with Crippen LogP contribution in [0.3, 0.4) is 0 Å². The molecule has 0 saturated carbocycles. The molecule has 188 valence electrons. The third-order valence-electron chi connectivity index (χ3n) is 7.25. The first kappa shape index (κ1) is 24.5. The molecule has 1 fully saturated rings. The number of ether oxygens (including phenoxy) is 2. The SMILES string of the molecule is COc1ccc(C2(C(=O)Nc3ccc4c(c3)CN(S(=O)(=O)c3ccccc3)CC4)CCOCC2)cc1. The fraction of sp³-hybridized carbons (Fsp3) is 0.321. The Morgan fingerprint density at radius 2 is 1.69 bits per heavy atom. The van der Waals surface area contributed by atoms with Crippen molar-refractivity contribution in [2.75, 3.05) is 32.2 Å². The summed E-state index contributed by atoms with van der Waals surface area (Å²) in [6, 6.07) is 21.9. The number of anilines is 1. The zero-order chi connectivity index (χ0) is 25.2. The minimum absolute atomic E-state index is 0.0829. The van der Waals surface area contributed by atoms with Gasteiger partial charge in [0.05, 0.1) is 17.4 Å². The van der Waals surface area contributed by atoms with Gasteiger partial charge in [0.25, 0.3) is 0 Å². The van der Waals surface area contributed by atoms with Crippen molar-refractivity contribution in [1.82, 2.24) is 4.31 Å². The highest BCUT2D eigenvalue weighted by atomic mass is 32.2. The zero-order valence-corrected chi connectivity index (χ0v) is 21.1. The molecule has 1 saturated heterocycles. The predicted molar refractivity (Wildman–Crippen MR) is 138 cm³/mol. The molecular formula is C28H30N2O5S. The van der Waals surface area contributed by atoms with Crippen molar-refractivity contribution in [2.24, 2.45) is 0 Å². The third-order valence-corrected chi connectivity index (χ3v) is 9.11. The van der Waals surface area contributed by atoms with Crippen LogP contribution in [-0.4, -0.2) is 45.5 Å². The Labute approximate surface area is 212 Å². The number of carbonyl (C=O) groups excluding carboxylic acids is 1. The van der Waals surface area contributed by atoms with Gasteiger partial charge in [0.1, 0.15) is 5.75 Å². The monoisotopic (exact) mass is 506 g/mol. The molecule has 1 amide bonds. The van der Waals surface area contributed by atoms with Crippen LogP contribution in [0.25, 0.3) is 0 Å². The number of fused-ring (bicyclic) bond motifs is 1. The number of hydrogen-bond donors (Lipinski definition) is 1. The molecule has 7 nitrogen and oxygen atoms in total. The lowest BCUT2D eigenvalue weighted by atomic mass is 9.73. The Hall–Kier alpha value is -3.20. The molecule has 5 rings (SSSR count). The van der Waals surface area contributed by atoms with Crippen molar-refractivity contribution in [3.63, 3.8) is 0 Å². The number of benzene rings is 3. The molecule has 0 atom stereocenters. The van der Waals surface area contributed by atoms with Gasteiger partial charge in [-0.25, -0.2) is 8.42 Å². The van der Waals surface area contributed by atoms with Gasteiger partial charge in [-0.15, -0.1) is 0 Å². The fourth-order valence-corrected chi connectivity index (χ4v) is 6.52. The van der Waals surface area contributed by atoms with Crippen LogP contribution in [0.2, 0.25) is 0 Å². The fourth-order valence-electron chi connectivity index (χ4n) is 5.08. The number of hydrogen-bond acceptors (Lipinski definition) is 5. The van der Waals surface area contributed by atoms with Gasteiger partial charge in [-0.05, 0) is 72.4 Å². The van der Waals surface area contributed by atoms with Crippen LogP contribution < -0.4 is 10.1 Å². The molecule has 0 radical (unpaired) electrons. The normalized spacial score (nSPS) is 17.7. The number of nitrogens with zero attached hydrogens (tertiary/aromatic N) is 1. The second kappa shape index (κ2) is 10.0. The summed E-state index contributed by atoms with van der Waals surface area (Å²) in [7, 11) is -1.97. The van der Waals surface area contributed by atoms with Gasteiger partial charge < -0.3 is 14.8 Å². The smallest absolute Gasteiger partial charge is 0.243 e. The zero-order valence-electron chi connectivity index (χ0n) is 20.3. The molecule has 0 unspecified atom stereocenters. The summed E-state index contributed by atoms with van der Waals surface area (Å²) in [4.78, 5) is 14.0. The molecule has 0 spiro atoms. The summed E-state index contributed by atoms with van der Waals surface area (Å²) in [5, 5.41) is 3.12. The van der Waals surface area contributed by atoms with Gasteiger partial charge in [-0.1, -0.05) is 36.4 Å². The third kappa shape index (κ3) is 4.64. The molecule has 1 N–H and O–H groups in total. The molecule has 0 aromatic heterocycles. The molecule has 2 aliphatic heterocycles. The van der Waals surface area contributed by atoms with Crippen molar-refractivity contribution < 1.29 is 22.7 Å². The molecule has 0 aliphatic carbocycles. The second-order valence-electron chi connectivity index (χ2n) is 9.26. The van der Waals surface area contributed by atoms with E-state index in [-0.39, 0.29) is 12.5 Å². The van der Waals surface area contributed by atoms with E-state index >= 15 is 0 Å². The average Bonchev–Trinajstić information content (AvgIpc) is 2.93. The van der Waals surface area contributed by atoms with E-state index in [1.54, 1.807) is 37.4 Å². The number of nitrogens with one attached hydrogen (secondary N) is 1. The van der Waals surface area contributed by atoms with E-state index in [0.717, 1.165) is 22.4 Å². The number of carbonyl (C=O) groups is 1. The van der Waals surface area contributed by atoms with Crippen LogP contribution >= 0.6 is 0 Å². The highest BCUT2D eigenvalue weighted by Crippen LogP contribution is 2.37. The molecule has 3 aromatic carbocycles. The highest BCUT2D eigenvalue weighted by Gasteiger charge is 2.42. The first-order valence-corrected chi connectivity index (χ1v) is 13.6. The van der Waals surface area contributed by atoms with Crippen molar-refractivity contribution in [3.8, 4) is 5.75 Å². The van der Waals surface area contributed by atoms with E-state index < -0.39 is 15.4 Å². The standard InChI is InChI=1S/C28H30N2O5S/c1-34-25-11-8-23(9-12-25)28(14-17-35-18-15-28)27(31)29-24-10-7-21-13-16-30(20-22(21)19-24)36(32,33)26-5-3-2-4-6-26/h2-12,19H,13-18,20H2,1H3,(H,29,31). The minimum atomic E-state index is -3.59. The first-order valence-electron chi connectivity index (χ1n) is 12.1. The van der Waals surface area contributed by atoms with Gasteiger partial charge in [0, 0.05) is 32.0 Å². The number of amides is 1. The van der Waals surface area contributed by atoms with Gasteiger partial charge in [-0.3, -0.25) is 4.79 Å². The number of rotatable bonds is 6. The lowest BCUT2D eigenvalue weighted by Gasteiger charge is -2.36. The van der Waals surface area contributed by atoms with Gasteiger partial charge in [0.2, 0.25) is 15.9 Å². The maximum Gasteiger partial charge on any atom is 0.243 e. The van der Waals surface area contributed by atoms with Crippen LogP contribution in [0.5, 0.6) is 5.75 Å². The lowest BCUT2D eigenvalue weighted by molar-refractivity contribution is -0.125. The van der Waals surface area contributed by atoms with Crippen LogP contribution in [0.4, 0.5) is 5.69 Å². The van der Waals surface area contributed by atoms with Gasteiger partial charge in [-0.2, -0.15) is 4.31 Å². The van der Waals surface area contributed by atoms with E-state index in [0.29, 0.717) is 49.6 Å². The molecule has 2 aliphatic rings. The minimum Gasteiger partial charge on any atom is -0.497 e. The molecule has 0 bridgehead atoms. The summed E-state index contributed by atoms with van der Waals surface area (Å²) >= 11 is 0. The van der Waals surface area contributed by atoms with Crippen molar-refractivity contribution in [2.45, 2.75) is 36.1 Å². The lowest BCUT2D eigenvalue weighted by Crippen LogP contribution is -2.44. The summed E-state index contributed by atoms with van der Waals surface area (Å²) in [6.07, 6.45) is 1.79. The Kier molecular flexibility index (Phi) is 6.83. The maximum absolute atomic E-state index is 13.7. The largest absolute Gasteiger partial charge is 0.497 e. The van der Waals surface area contributed by atoms with Gasteiger partial charge >= 0.3 is 0 Å². The van der Waals surface area contributed by atoms with Gasteiger partial charge in [0.15, 0.2) is 0 Å². The van der Waals surface area contributed by atoms with E-state index in [9.17, 15) is 13.2 Å². The predicted octanol–water partition coefficient (Wildman–Crippen LogP) is 4.13. The highest BCUT2D eigenvalue weighted by molar-refractivity contribution is 7.89. The molecular weight excluding hydrogens is 476 g/mol. The molecule has 3 aromatic rings. The molecule has 36 heavy (non-hydrogen) atoms. The molecule has 2 heterocycles.